The predicted octanol–water partition coefficient (Wildman–Crippen LogP) is -4.24. The molecule has 0 bridgehead atoms. The van der Waals surface area contributed by atoms with Crippen LogP contribution in [-0.2, 0) is 38.1 Å². The summed E-state index contributed by atoms with van der Waals surface area (Å²) in [4.78, 5) is 45.5. The molecule has 4 atom stereocenters. The molecule has 2 heterocycles. The monoisotopic (exact) mass is 374 g/mol. The van der Waals surface area contributed by atoms with Crippen molar-refractivity contribution in [3.63, 3.8) is 0 Å². The number of rotatable bonds is 8. The van der Waals surface area contributed by atoms with Crippen molar-refractivity contribution in [3.8, 4) is 0 Å². The number of nitrogens with one attached hydrogen (secondary N) is 2. The lowest BCUT2D eigenvalue weighted by molar-refractivity contribution is -0.155. The molecule has 26 heavy (non-hydrogen) atoms. The van der Waals surface area contributed by atoms with Crippen molar-refractivity contribution in [3.05, 3.63) is 0 Å². The van der Waals surface area contributed by atoms with Gasteiger partial charge in [0.1, 0.15) is 25.3 Å². The largest absolute Gasteiger partial charge is 0.456 e. The minimum absolute atomic E-state index is 0.0733. The van der Waals surface area contributed by atoms with Crippen LogP contribution in [0, 0.1) is 0 Å². The summed E-state index contributed by atoms with van der Waals surface area (Å²) in [5, 5.41) is 4.59. The maximum Gasteiger partial charge on any atom is 0.325 e. The first-order valence-electron chi connectivity index (χ1n) is 8.00. The van der Waals surface area contributed by atoms with Crippen molar-refractivity contribution >= 4 is 23.8 Å². The molecule has 6 N–H and O–H groups in total. The van der Waals surface area contributed by atoms with Gasteiger partial charge in [0.25, 0.3) is 0 Å². The molecule has 0 spiro atoms. The lowest BCUT2D eigenvalue weighted by Crippen LogP contribution is -2.40. The molecule has 0 aromatic rings. The number of hydrogen-bond acceptors (Lipinski definition) is 10. The van der Waals surface area contributed by atoms with Crippen LogP contribution in [0.15, 0.2) is 0 Å². The van der Waals surface area contributed by atoms with Crippen molar-refractivity contribution in [2.24, 2.45) is 11.5 Å². The number of nitrogens with two attached hydrogens (primary N) is 2. The van der Waals surface area contributed by atoms with E-state index in [1.165, 1.54) is 0 Å². The number of hydrogen-bond donors (Lipinski definition) is 4. The molecule has 2 rings (SSSR count). The van der Waals surface area contributed by atoms with Gasteiger partial charge in [0.2, 0.25) is 11.8 Å². The Balaban J connectivity index is 1.76. The Morgan fingerprint density at radius 1 is 0.808 bits per heavy atom. The molecule has 0 aromatic carbocycles. The Morgan fingerprint density at radius 3 is 1.54 bits per heavy atom. The summed E-state index contributed by atoms with van der Waals surface area (Å²) in [6.45, 7) is -0.946. The highest BCUT2D eigenvalue weighted by atomic mass is 16.7. The third-order valence-electron chi connectivity index (χ3n) is 3.76. The van der Waals surface area contributed by atoms with Crippen LogP contribution in [0.3, 0.4) is 0 Å². The molecule has 146 valence electrons. The summed E-state index contributed by atoms with van der Waals surface area (Å²) >= 11 is 0. The molecule has 0 aliphatic carbocycles. The molecule has 2 fully saturated rings. The summed E-state index contributed by atoms with van der Waals surface area (Å²) in [5.74, 6) is -2.27. The minimum Gasteiger partial charge on any atom is -0.456 e. The third kappa shape index (κ3) is 5.36. The van der Waals surface area contributed by atoms with Crippen LogP contribution in [0.25, 0.3) is 0 Å². The Bertz CT molecular complexity index is 509. The van der Waals surface area contributed by atoms with Crippen molar-refractivity contribution in [2.45, 2.75) is 24.4 Å². The lowest BCUT2D eigenvalue weighted by Gasteiger charge is -2.17. The predicted molar refractivity (Wildman–Crippen MR) is 83.4 cm³/mol. The van der Waals surface area contributed by atoms with Gasteiger partial charge in [0.15, 0.2) is 12.2 Å². The number of carbonyl (C=O) groups is 4. The molecular formula is C14H22N4O8. The smallest absolute Gasteiger partial charge is 0.325 e. The van der Waals surface area contributed by atoms with Gasteiger partial charge < -0.3 is 41.0 Å². The van der Waals surface area contributed by atoms with Crippen molar-refractivity contribution in [1.29, 1.82) is 0 Å². The summed E-state index contributed by atoms with van der Waals surface area (Å²) < 4.78 is 21.4. The summed E-state index contributed by atoms with van der Waals surface area (Å²) in [6, 6.07) is 0. The highest BCUT2D eigenvalue weighted by Gasteiger charge is 2.51. The van der Waals surface area contributed by atoms with Crippen LogP contribution in [-0.4, -0.2) is 87.6 Å². The van der Waals surface area contributed by atoms with Gasteiger partial charge in [-0.05, 0) is 0 Å². The third-order valence-corrected chi connectivity index (χ3v) is 3.76. The van der Waals surface area contributed by atoms with Gasteiger partial charge in [-0.1, -0.05) is 0 Å². The zero-order valence-corrected chi connectivity index (χ0v) is 14.0. The van der Waals surface area contributed by atoms with E-state index in [4.69, 9.17) is 30.4 Å². The first-order valence-corrected chi connectivity index (χ1v) is 8.00. The fourth-order valence-corrected chi connectivity index (χ4v) is 2.54. The highest BCUT2D eigenvalue weighted by Crippen LogP contribution is 2.30. The summed E-state index contributed by atoms with van der Waals surface area (Å²) in [5.41, 5.74) is 10.2. The van der Waals surface area contributed by atoms with Crippen molar-refractivity contribution in [2.75, 3.05) is 39.4 Å². The SMILES string of the molecule is NCC(=O)NCC(=O)O[C@H]1CO[C@H]2[C@@H]1OC[C@H]2OC(=O)CNC(=O)CN. The van der Waals surface area contributed by atoms with Gasteiger partial charge in [0, 0.05) is 0 Å². The van der Waals surface area contributed by atoms with Crippen LogP contribution in [0.5, 0.6) is 0 Å². The molecule has 12 nitrogen and oxygen atoms in total. The molecule has 0 saturated carbocycles. The minimum atomic E-state index is -0.678. The maximum atomic E-state index is 11.7. The van der Waals surface area contributed by atoms with E-state index in [1.807, 2.05) is 0 Å². The highest BCUT2D eigenvalue weighted by molar-refractivity contribution is 5.83. The second kappa shape index (κ2) is 9.43. The van der Waals surface area contributed by atoms with E-state index in [9.17, 15) is 19.2 Å². The van der Waals surface area contributed by atoms with E-state index in [0.29, 0.717) is 0 Å². The molecular weight excluding hydrogens is 352 g/mol. The van der Waals surface area contributed by atoms with Crippen molar-refractivity contribution < 1.29 is 38.1 Å². The maximum absolute atomic E-state index is 11.7. The molecule has 0 unspecified atom stereocenters. The van der Waals surface area contributed by atoms with Crippen LogP contribution < -0.4 is 22.1 Å². The molecule has 0 aromatic heterocycles. The average molecular weight is 374 g/mol. The average Bonchev–Trinajstić information content (AvgIpc) is 3.21. The van der Waals surface area contributed by atoms with Gasteiger partial charge in [-0.3, -0.25) is 19.2 Å². The number of ether oxygens (including phenoxy) is 4. The van der Waals surface area contributed by atoms with Crippen LogP contribution in [0.1, 0.15) is 0 Å². The second-order valence-electron chi connectivity index (χ2n) is 5.61. The lowest BCUT2D eigenvalue weighted by atomic mass is 10.1. The van der Waals surface area contributed by atoms with Crippen LogP contribution in [0.2, 0.25) is 0 Å². The first-order chi connectivity index (χ1) is 12.4. The van der Waals surface area contributed by atoms with Gasteiger partial charge in [0.05, 0.1) is 26.3 Å². The number of carbonyl (C=O) groups excluding carboxylic acids is 4. The van der Waals surface area contributed by atoms with E-state index >= 15 is 0 Å². The topological polar surface area (TPSA) is 181 Å². The molecule has 2 aliphatic rings. The molecule has 2 amide bonds. The Labute approximate surface area is 148 Å². The number of amides is 2. The van der Waals surface area contributed by atoms with E-state index in [2.05, 4.69) is 10.6 Å². The second-order valence-corrected chi connectivity index (χ2v) is 5.61. The van der Waals surface area contributed by atoms with Gasteiger partial charge in [-0.25, -0.2) is 0 Å². The first kappa shape index (κ1) is 20.0. The number of esters is 2. The van der Waals surface area contributed by atoms with Gasteiger partial charge in [-0.2, -0.15) is 0 Å². The van der Waals surface area contributed by atoms with E-state index < -0.39 is 48.2 Å². The van der Waals surface area contributed by atoms with Crippen LogP contribution >= 0.6 is 0 Å². The van der Waals surface area contributed by atoms with Gasteiger partial charge in [-0.15, -0.1) is 0 Å². The zero-order valence-electron chi connectivity index (χ0n) is 14.0. The fourth-order valence-electron chi connectivity index (χ4n) is 2.54. The van der Waals surface area contributed by atoms with E-state index in [1.54, 1.807) is 0 Å². The van der Waals surface area contributed by atoms with E-state index in [-0.39, 0.29) is 39.4 Å². The molecule has 12 heteroatoms. The quantitative estimate of drug-likeness (QED) is 0.304. The standard InChI is InChI=1S/C14H22N4O8/c15-1-9(19)17-3-11(21)25-7-5-23-14-8(6-24-13(7)14)26-12(22)4-18-10(20)2-16/h7-8,13-14H,1-6,15-16H2,(H,17,19)(H,18,20)/t7-,8+,13-,14-/m1/s1. The van der Waals surface area contributed by atoms with Crippen molar-refractivity contribution in [1.82, 2.24) is 10.6 Å². The number of fused-ring (bicyclic) bond motifs is 1. The fraction of sp³-hybridized carbons (Fsp3) is 0.714. The summed E-state index contributed by atoms with van der Waals surface area (Å²) in [6.07, 6.45) is -2.52. The van der Waals surface area contributed by atoms with Gasteiger partial charge >= 0.3 is 11.9 Å². The Hall–Kier alpha value is -2.28. The normalized spacial score (nSPS) is 26.7. The molecule has 2 saturated heterocycles. The summed E-state index contributed by atoms with van der Waals surface area (Å²) in [7, 11) is 0. The Morgan fingerprint density at radius 2 is 1.19 bits per heavy atom. The Kier molecular flexibility index (Phi) is 7.26. The van der Waals surface area contributed by atoms with Crippen LogP contribution in [0.4, 0.5) is 0 Å². The molecule has 0 radical (unpaired) electrons. The van der Waals surface area contributed by atoms with E-state index in [0.717, 1.165) is 0 Å². The zero-order chi connectivity index (χ0) is 19.1. The molecule has 2 aliphatic heterocycles.